The van der Waals surface area contributed by atoms with Crippen LogP contribution in [0.25, 0.3) is 0 Å². The zero-order valence-corrected chi connectivity index (χ0v) is 17.1. The molecule has 3 aliphatic rings. The molecule has 0 radical (unpaired) electrons. The molecule has 154 valence electrons. The van der Waals surface area contributed by atoms with Gasteiger partial charge in [-0.25, -0.2) is 9.97 Å². The first-order valence-electron chi connectivity index (χ1n) is 11.4. The first kappa shape index (κ1) is 19.5. The van der Waals surface area contributed by atoms with E-state index in [1.54, 1.807) is 0 Å². The molecule has 2 aliphatic heterocycles. The molecule has 28 heavy (non-hydrogen) atoms. The molecule has 4 rings (SSSR count). The molecular weight excluding hydrogens is 350 g/mol. The van der Waals surface area contributed by atoms with Gasteiger partial charge in [0.1, 0.15) is 0 Å². The predicted octanol–water partition coefficient (Wildman–Crippen LogP) is 3.52. The van der Waals surface area contributed by atoms with Crippen LogP contribution in [0.1, 0.15) is 70.6 Å². The second-order valence-corrected chi connectivity index (χ2v) is 8.75. The molecule has 1 amide bonds. The van der Waals surface area contributed by atoms with E-state index in [1.165, 1.54) is 44.9 Å². The van der Waals surface area contributed by atoms with E-state index in [2.05, 4.69) is 25.1 Å². The summed E-state index contributed by atoms with van der Waals surface area (Å²) >= 11 is 0. The van der Waals surface area contributed by atoms with E-state index in [9.17, 15) is 4.79 Å². The van der Waals surface area contributed by atoms with Gasteiger partial charge in [-0.3, -0.25) is 4.79 Å². The maximum absolute atomic E-state index is 12.6. The van der Waals surface area contributed by atoms with Crippen LogP contribution in [-0.2, 0) is 4.79 Å². The summed E-state index contributed by atoms with van der Waals surface area (Å²) in [7, 11) is 0. The largest absolute Gasteiger partial charge is 0.369 e. The summed E-state index contributed by atoms with van der Waals surface area (Å²) in [5, 5.41) is 3.30. The SMILES string of the molecule is O=C(NC1CCCCC1)C1CCN(c2cnc(N3CCCCCC3)nc2)CC1. The van der Waals surface area contributed by atoms with Crippen molar-refractivity contribution in [3.05, 3.63) is 12.4 Å². The number of nitrogens with one attached hydrogen (secondary N) is 1. The molecular formula is C22H35N5O. The van der Waals surface area contributed by atoms with Crippen LogP contribution in [0.4, 0.5) is 11.6 Å². The Morgan fingerprint density at radius 1 is 0.786 bits per heavy atom. The van der Waals surface area contributed by atoms with Gasteiger partial charge >= 0.3 is 0 Å². The predicted molar refractivity (Wildman–Crippen MR) is 113 cm³/mol. The Bertz CT molecular complexity index is 612. The number of carbonyl (C=O) groups is 1. The van der Waals surface area contributed by atoms with Crippen molar-refractivity contribution in [1.82, 2.24) is 15.3 Å². The summed E-state index contributed by atoms with van der Waals surface area (Å²) in [4.78, 5) is 26.5. The van der Waals surface area contributed by atoms with Gasteiger partial charge in [0.2, 0.25) is 11.9 Å². The second kappa shape index (κ2) is 9.57. The van der Waals surface area contributed by atoms with Crippen molar-refractivity contribution in [1.29, 1.82) is 0 Å². The Labute approximate surface area is 169 Å². The highest BCUT2D eigenvalue weighted by atomic mass is 16.1. The lowest BCUT2D eigenvalue weighted by Crippen LogP contribution is -2.44. The highest BCUT2D eigenvalue weighted by molar-refractivity contribution is 5.79. The average molecular weight is 386 g/mol. The normalized spacial score (nSPS) is 22.7. The van der Waals surface area contributed by atoms with Crippen LogP contribution in [0, 0.1) is 5.92 Å². The smallest absolute Gasteiger partial charge is 0.225 e. The Kier molecular flexibility index (Phi) is 6.65. The number of nitrogens with zero attached hydrogens (tertiary/aromatic N) is 4. The summed E-state index contributed by atoms with van der Waals surface area (Å²) in [6.45, 7) is 3.96. The Morgan fingerprint density at radius 3 is 2.04 bits per heavy atom. The minimum Gasteiger partial charge on any atom is -0.369 e. The van der Waals surface area contributed by atoms with Gasteiger partial charge in [-0.05, 0) is 38.5 Å². The van der Waals surface area contributed by atoms with Crippen molar-refractivity contribution in [2.75, 3.05) is 36.0 Å². The van der Waals surface area contributed by atoms with Gasteiger partial charge < -0.3 is 15.1 Å². The van der Waals surface area contributed by atoms with Crippen LogP contribution >= 0.6 is 0 Å². The molecule has 0 bridgehead atoms. The Hall–Kier alpha value is -1.85. The van der Waals surface area contributed by atoms with Crippen LogP contribution in [0.15, 0.2) is 12.4 Å². The van der Waals surface area contributed by atoms with Crippen molar-refractivity contribution in [3.63, 3.8) is 0 Å². The first-order chi connectivity index (χ1) is 13.8. The molecule has 6 nitrogen and oxygen atoms in total. The molecule has 0 atom stereocenters. The zero-order chi connectivity index (χ0) is 19.2. The van der Waals surface area contributed by atoms with Crippen molar-refractivity contribution in [2.45, 2.75) is 76.7 Å². The van der Waals surface area contributed by atoms with E-state index in [1.807, 2.05) is 12.4 Å². The fourth-order valence-corrected chi connectivity index (χ4v) is 4.88. The van der Waals surface area contributed by atoms with Crippen molar-refractivity contribution < 1.29 is 4.79 Å². The summed E-state index contributed by atoms with van der Waals surface area (Å²) in [5.74, 6) is 1.31. The van der Waals surface area contributed by atoms with Crippen molar-refractivity contribution in [2.24, 2.45) is 5.92 Å². The minimum atomic E-state index is 0.162. The summed E-state index contributed by atoms with van der Waals surface area (Å²) < 4.78 is 0. The van der Waals surface area contributed by atoms with Gasteiger partial charge in [-0.2, -0.15) is 0 Å². The quantitative estimate of drug-likeness (QED) is 0.859. The highest BCUT2D eigenvalue weighted by Gasteiger charge is 2.27. The van der Waals surface area contributed by atoms with Crippen LogP contribution < -0.4 is 15.1 Å². The third-order valence-corrected chi connectivity index (χ3v) is 6.70. The van der Waals surface area contributed by atoms with Gasteiger partial charge in [0.15, 0.2) is 0 Å². The van der Waals surface area contributed by atoms with Gasteiger partial charge in [0, 0.05) is 38.1 Å². The molecule has 1 aliphatic carbocycles. The zero-order valence-electron chi connectivity index (χ0n) is 17.1. The van der Waals surface area contributed by atoms with Crippen LogP contribution in [0.2, 0.25) is 0 Å². The van der Waals surface area contributed by atoms with Crippen LogP contribution in [0.3, 0.4) is 0 Å². The lowest BCUT2D eigenvalue weighted by atomic mass is 9.92. The lowest BCUT2D eigenvalue weighted by Gasteiger charge is -2.34. The third-order valence-electron chi connectivity index (χ3n) is 6.70. The van der Waals surface area contributed by atoms with E-state index < -0.39 is 0 Å². The molecule has 1 N–H and O–H groups in total. The molecule has 2 saturated heterocycles. The van der Waals surface area contributed by atoms with Crippen molar-refractivity contribution >= 4 is 17.5 Å². The van der Waals surface area contributed by atoms with E-state index >= 15 is 0 Å². The number of hydrogen-bond acceptors (Lipinski definition) is 5. The van der Waals surface area contributed by atoms with Crippen LogP contribution in [-0.4, -0.2) is 48.1 Å². The number of carbonyl (C=O) groups excluding carboxylic acids is 1. The van der Waals surface area contributed by atoms with E-state index in [0.29, 0.717) is 6.04 Å². The van der Waals surface area contributed by atoms with Gasteiger partial charge in [-0.1, -0.05) is 32.1 Å². The standard InChI is InChI=1S/C22H35N5O/c28-21(25-19-8-4-3-5-9-19)18-10-14-26(15-11-18)20-16-23-22(24-17-20)27-12-6-1-2-7-13-27/h16-19H,1-15H2,(H,25,28). The fourth-order valence-electron chi connectivity index (χ4n) is 4.88. The minimum absolute atomic E-state index is 0.162. The molecule has 1 aromatic rings. The number of anilines is 2. The molecule has 3 fully saturated rings. The maximum atomic E-state index is 12.6. The molecule has 1 aromatic heterocycles. The second-order valence-electron chi connectivity index (χ2n) is 8.75. The number of hydrogen-bond donors (Lipinski definition) is 1. The molecule has 0 aromatic carbocycles. The number of piperidine rings is 1. The van der Waals surface area contributed by atoms with E-state index in [4.69, 9.17) is 0 Å². The fraction of sp³-hybridized carbons (Fsp3) is 0.773. The number of rotatable bonds is 4. The number of aromatic nitrogens is 2. The van der Waals surface area contributed by atoms with E-state index in [0.717, 1.165) is 63.5 Å². The Balaban J connectivity index is 1.26. The maximum Gasteiger partial charge on any atom is 0.225 e. The van der Waals surface area contributed by atoms with Crippen molar-refractivity contribution in [3.8, 4) is 0 Å². The molecule has 0 unspecified atom stereocenters. The van der Waals surface area contributed by atoms with Gasteiger partial charge in [0.05, 0.1) is 18.1 Å². The lowest BCUT2D eigenvalue weighted by molar-refractivity contribution is -0.126. The van der Waals surface area contributed by atoms with Gasteiger partial charge in [-0.15, -0.1) is 0 Å². The van der Waals surface area contributed by atoms with Gasteiger partial charge in [0.25, 0.3) is 0 Å². The summed E-state index contributed by atoms with van der Waals surface area (Å²) in [5.41, 5.74) is 1.09. The third kappa shape index (κ3) is 4.95. The Morgan fingerprint density at radius 2 is 1.39 bits per heavy atom. The first-order valence-corrected chi connectivity index (χ1v) is 11.4. The number of amides is 1. The average Bonchev–Trinajstić information content (AvgIpc) is 3.04. The topological polar surface area (TPSA) is 61.4 Å². The molecule has 3 heterocycles. The van der Waals surface area contributed by atoms with Crippen LogP contribution in [0.5, 0.6) is 0 Å². The molecule has 6 heteroatoms. The summed E-state index contributed by atoms with van der Waals surface area (Å²) in [6, 6.07) is 0.416. The molecule has 1 saturated carbocycles. The highest BCUT2D eigenvalue weighted by Crippen LogP contribution is 2.25. The molecule has 0 spiro atoms. The van der Waals surface area contributed by atoms with E-state index in [-0.39, 0.29) is 11.8 Å². The summed E-state index contributed by atoms with van der Waals surface area (Å²) in [6.07, 6.45) is 17.1. The monoisotopic (exact) mass is 385 g/mol.